The summed E-state index contributed by atoms with van der Waals surface area (Å²) in [7, 11) is 0. The predicted octanol–water partition coefficient (Wildman–Crippen LogP) is 6.17. The van der Waals surface area contributed by atoms with Crippen molar-refractivity contribution in [3.8, 4) is 11.5 Å². The van der Waals surface area contributed by atoms with E-state index in [2.05, 4.69) is 0 Å². The number of benzene rings is 2. The van der Waals surface area contributed by atoms with E-state index in [1.54, 1.807) is 21.9 Å². The van der Waals surface area contributed by atoms with E-state index in [0.29, 0.717) is 63.3 Å². The van der Waals surface area contributed by atoms with E-state index in [9.17, 15) is 27.2 Å². The molecule has 0 bridgehead atoms. The van der Waals surface area contributed by atoms with Gasteiger partial charge in [0.05, 0.1) is 5.56 Å². The molecule has 37 heavy (non-hydrogen) atoms. The number of carbonyl (C=O) groups is 2. The van der Waals surface area contributed by atoms with Crippen LogP contribution in [0.1, 0.15) is 50.3 Å². The van der Waals surface area contributed by atoms with Crippen molar-refractivity contribution < 1.29 is 36.6 Å². The second-order valence-electron chi connectivity index (χ2n) is 10.4. The van der Waals surface area contributed by atoms with Crippen LogP contribution in [0.15, 0.2) is 36.4 Å². The van der Waals surface area contributed by atoms with Gasteiger partial charge in [0.15, 0.2) is 0 Å². The van der Waals surface area contributed by atoms with Gasteiger partial charge in [0.25, 0.3) is 0 Å². The summed E-state index contributed by atoms with van der Waals surface area (Å²) in [5.41, 5.74) is -0.00410. The fourth-order valence-electron chi connectivity index (χ4n) is 4.60. The van der Waals surface area contributed by atoms with Crippen LogP contribution in [0.4, 0.5) is 22.4 Å². The molecule has 1 saturated heterocycles. The lowest BCUT2D eigenvalue weighted by Crippen LogP contribution is -2.46. The minimum absolute atomic E-state index is 0.0330. The third-order valence-corrected chi connectivity index (χ3v) is 6.48. The van der Waals surface area contributed by atoms with Gasteiger partial charge in [-0.2, -0.15) is 13.2 Å². The molecule has 0 N–H and O–H groups in total. The van der Waals surface area contributed by atoms with Gasteiger partial charge >= 0.3 is 12.3 Å². The first-order valence-electron chi connectivity index (χ1n) is 12.2. The minimum atomic E-state index is -4.78. The van der Waals surface area contributed by atoms with Gasteiger partial charge in [-0.25, -0.2) is 9.18 Å². The van der Waals surface area contributed by atoms with Crippen LogP contribution in [-0.4, -0.2) is 47.0 Å². The van der Waals surface area contributed by atoms with Gasteiger partial charge in [0.1, 0.15) is 22.9 Å². The summed E-state index contributed by atoms with van der Waals surface area (Å²) >= 11 is 0. The van der Waals surface area contributed by atoms with Crippen molar-refractivity contribution in [1.82, 2.24) is 9.80 Å². The van der Waals surface area contributed by atoms with E-state index in [4.69, 9.17) is 9.47 Å². The first-order valence-corrected chi connectivity index (χ1v) is 12.2. The van der Waals surface area contributed by atoms with Crippen LogP contribution in [0.2, 0.25) is 0 Å². The van der Waals surface area contributed by atoms with Crippen molar-refractivity contribution in [3.05, 3.63) is 58.9 Å². The summed E-state index contributed by atoms with van der Waals surface area (Å²) in [6, 6.07) is 7.70. The molecule has 2 aliphatic rings. The molecular weight excluding hydrogens is 492 g/mol. The van der Waals surface area contributed by atoms with Gasteiger partial charge in [-0.1, -0.05) is 6.07 Å². The number of carbonyl (C=O) groups excluding carboxylic acids is 2. The molecule has 6 nitrogen and oxygen atoms in total. The molecule has 2 amide bonds. The zero-order valence-electron chi connectivity index (χ0n) is 21.0. The predicted molar refractivity (Wildman–Crippen MR) is 128 cm³/mol. The number of amides is 2. The van der Waals surface area contributed by atoms with Crippen LogP contribution in [-0.2, 0) is 28.7 Å². The first-order chi connectivity index (χ1) is 17.3. The van der Waals surface area contributed by atoms with E-state index in [1.807, 2.05) is 26.8 Å². The molecule has 0 saturated carbocycles. The highest BCUT2D eigenvalue weighted by molar-refractivity contribution is 5.79. The van der Waals surface area contributed by atoms with Crippen LogP contribution in [0.3, 0.4) is 0 Å². The van der Waals surface area contributed by atoms with Gasteiger partial charge in [-0.3, -0.25) is 4.79 Å². The normalized spacial score (nSPS) is 16.8. The second kappa shape index (κ2) is 10.2. The highest BCUT2D eigenvalue weighted by Gasteiger charge is 2.35. The number of hydrogen-bond donors (Lipinski definition) is 0. The van der Waals surface area contributed by atoms with Gasteiger partial charge in [0.2, 0.25) is 5.91 Å². The number of nitrogens with zero attached hydrogens (tertiary/aromatic N) is 2. The molecule has 0 aromatic heterocycles. The summed E-state index contributed by atoms with van der Waals surface area (Å²) in [6.45, 7) is 7.30. The maximum Gasteiger partial charge on any atom is 0.419 e. The van der Waals surface area contributed by atoms with Crippen molar-refractivity contribution in [2.75, 3.05) is 19.6 Å². The largest absolute Gasteiger partial charge is 0.457 e. The summed E-state index contributed by atoms with van der Waals surface area (Å²) in [5, 5.41) is 0. The van der Waals surface area contributed by atoms with Crippen LogP contribution >= 0.6 is 0 Å². The Labute approximate surface area is 213 Å². The Morgan fingerprint density at radius 2 is 1.54 bits per heavy atom. The van der Waals surface area contributed by atoms with E-state index in [1.165, 1.54) is 0 Å². The molecule has 0 unspecified atom stereocenters. The lowest BCUT2D eigenvalue weighted by atomic mass is 9.93. The quantitative estimate of drug-likeness (QED) is 0.453. The maximum absolute atomic E-state index is 13.9. The zero-order chi connectivity index (χ0) is 27.0. The molecule has 4 rings (SSSR count). The Balaban J connectivity index is 1.37. The van der Waals surface area contributed by atoms with Gasteiger partial charge in [0, 0.05) is 38.2 Å². The molecule has 10 heteroatoms. The van der Waals surface area contributed by atoms with Crippen LogP contribution < -0.4 is 4.74 Å². The van der Waals surface area contributed by atoms with E-state index >= 15 is 0 Å². The average molecular weight is 523 g/mol. The van der Waals surface area contributed by atoms with Crippen molar-refractivity contribution in [2.45, 2.75) is 58.4 Å². The summed E-state index contributed by atoms with van der Waals surface area (Å²) in [5.74, 6) is -1.26. The summed E-state index contributed by atoms with van der Waals surface area (Å²) in [6.07, 6.45) is -3.37. The zero-order valence-corrected chi connectivity index (χ0v) is 21.0. The Bertz CT molecular complexity index is 1170. The molecular formula is C27H30F4N2O4. The maximum atomic E-state index is 13.9. The Kier molecular flexibility index (Phi) is 7.39. The van der Waals surface area contributed by atoms with E-state index < -0.39 is 23.2 Å². The number of fused-ring (bicyclic) bond motifs is 1. The molecule has 0 atom stereocenters. The van der Waals surface area contributed by atoms with Crippen molar-refractivity contribution >= 4 is 12.0 Å². The number of alkyl halides is 3. The molecule has 2 heterocycles. The molecule has 0 aliphatic carbocycles. The first kappa shape index (κ1) is 26.8. The Morgan fingerprint density at radius 1 is 0.892 bits per heavy atom. The minimum Gasteiger partial charge on any atom is -0.457 e. The average Bonchev–Trinajstić information content (AvgIpc) is 2.81. The topological polar surface area (TPSA) is 59.1 Å². The lowest BCUT2D eigenvalue weighted by molar-refractivity contribution is -0.140. The van der Waals surface area contributed by atoms with Crippen LogP contribution in [0.5, 0.6) is 11.5 Å². The SMILES string of the molecule is CC(C)(C)OC(=O)N1CCC(C(=O)N2CCc3ccc(Oc4ccc(C(F)(F)F)c(F)c4)cc3C2)CC1. The van der Waals surface area contributed by atoms with Crippen LogP contribution in [0.25, 0.3) is 0 Å². The fraction of sp³-hybridized carbons (Fsp3) is 0.481. The lowest BCUT2D eigenvalue weighted by Gasteiger charge is -2.36. The smallest absolute Gasteiger partial charge is 0.419 e. The number of hydrogen-bond acceptors (Lipinski definition) is 4. The third kappa shape index (κ3) is 6.53. The van der Waals surface area contributed by atoms with Crippen LogP contribution in [0, 0.1) is 11.7 Å². The van der Waals surface area contributed by atoms with Crippen molar-refractivity contribution in [2.24, 2.45) is 5.92 Å². The van der Waals surface area contributed by atoms with Crippen molar-refractivity contribution in [1.29, 1.82) is 0 Å². The Morgan fingerprint density at radius 3 is 2.16 bits per heavy atom. The molecule has 200 valence electrons. The Hall–Kier alpha value is -3.30. The van der Waals surface area contributed by atoms with E-state index in [-0.39, 0.29) is 23.7 Å². The highest BCUT2D eigenvalue weighted by atomic mass is 19.4. The molecule has 2 aromatic rings. The summed E-state index contributed by atoms with van der Waals surface area (Å²) < 4.78 is 63.4. The van der Waals surface area contributed by atoms with Gasteiger partial charge < -0.3 is 19.3 Å². The number of ether oxygens (including phenoxy) is 2. The number of piperidine rings is 1. The third-order valence-electron chi connectivity index (χ3n) is 6.48. The molecule has 0 spiro atoms. The molecule has 2 aromatic carbocycles. The number of rotatable bonds is 3. The highest BCUT2D eigenvalue weighted by Crippen LogP contribution is 2.35. The second-order valence-corrected chi connectivity index (χ2v) is 10.4. The standard InChI is InChI=1S/C27H30F4N2O4/c1-26(2,3)37-25(35)32-11-9-18(10-12-32)24(34)33-13-8-17-4-5-20(14-19(17)16-33)36-21-6-7-22(23(28)15-21)27(29,30)31/h4-7,14-15,18H,8-13,16H2,1-3H3. The molecule has 1 fully saturated rings. The molecule has 2 aliphatic heterocycles. The fourth-order valence-corrected chi connectivity index (χ4v) is 4.60. The van der Waals surface area contributed by atoms with Crippen molar-refractivity contribution in [3.63, 3.8) is 0 Å². The molecule has 0 radical (unpaired) electrons. The monoisotopic (exact) mass is 522 g/mol. The number of halogens is 4. The van der Waals surface area contributed by atoms with E-state index in [0.717, 1.165) is 17.2 Å². The van der Waals surface area contributed by atoms with Gasteiger partial charge in [-0.05, 0) is 75.4 Å². The number of likely N-dealkylation sites (tertiary alicyclic amines) is 1. The summed E-state index contributed by atoms with van der Waals surface area (Å²) in [4.78, 5) is 28.9. The van der Waals surface area contributed by atoms with Gasteiger partial charge in [-0.15, -0.1) is 0 Å².